The van der Waals surface area contributed by atoms with Crippen LogP contribution in [0.5, 0.6) is 11.5 Å². The van der Waals surface area contributed by atoms with Gasteiger partial charge in [-0.25, -0.2) is 8.42 Å². The summed E-state index contributed by atoms with van der Waals surface area (Å²) >= 11 is 1.61. The molecule has 1 aliphatic heterocycles. The van der Waals surface area contributed by atoms with E-state index in [-0.39, 0.29) is 5.37 Å². The average Bonchev–Trinajstić information content (AvgIpc) is 3.12. The number of rotatable bonds is 5. The lowest BCUT2D eigenvalue weighted by Gasteiger charge is -2.24. The van der Waals surface area contributed by atoms with Crippen LogP contribution in [0.3, 0.4) is 0 Å². The lowest BCUT2D eigenvalue weighted by Crippen LogP contribution is -2.30. The molecule has 7 heteroatoms. The molecule has 1 heterocycles. The van der Waals surface area contributed by atoms with Gasteiger partial charge in [-0.1, -0.05) is 24.3 Å². The fraction of sp³-hybridized carbons (Fsp3) is 0.294. The Morgan fingerprint density at radius 1 is 1.04 bits per heavy atom. The average molecular weight is 365 g/mol. The van der Waals surface area contributed by atoms with Crippen LogP contribution in [0, 0.1) is 0 Å². The van der Waals surface area contributed by atoms with Gasteiger partial charge < -0.3 is 9.47 Å². The van der Waals surface area contributed by atoms with Gasteiger partial charge in [-0.3, -0.25) is 0 Å². The second-order valence-corrected chi connectivity index (χ2v) is 8.35. The van der Waals surface area contributed by atoms with Crippen molar-refractivity contribution in [1.82, 2.24) is 4.31 Å². The van der Waals surface area contributed by atoms with Gasteiger partial charge in [0.1, 0.15) is 0 Å². The molecule has 0 spiro atoms. The van der Waals surface area contributed by atoms with E-state index in [2.05, 4.69) is 0 Å². The van der Waals surface area contributed by atoms with Crippen molar-refractivity contribution < 1.29 is 17.9 Å². The van der Waals surface area contributed by atoms with Gasteiger partial charge in [0.2, 0.25) is 10.0 Å². The molecule has 2 aromatic rings. The molecule has 2 aromatic carbocycles. The molecule has 0 amide bonds. The van der Waals surface area contributed by atoms with Crippen LogP contribution >= 0.6 is 11.8 Å². The van der Waals surface area contributed by atoms with Crippen molar-refractivity contribution in [3.8, 4) is 11.5 Å². The van der Waals surface area contributed by atoms with Crippen LogP contribution in [0.15, 0.2) is 53.4 Å². The van der Waals surface area contributed by atoms with Crippen LogP contribution in [0.25, 0.3) is 0 Å². The highest BCUT2D eigenvalue weighted by atomic mass is 32.2. The topological polar surface area (TPSA) is 55.8 Å². The highest BCUT2D eigenvalue weighted by Crippen LogP contribution is 2.43. The summed E-state index contributed by atoms with van der Waals surface area (Å²) in [7, 11) is -0.382. The van der Waals surface area contributed by atoms with E-state index in [1.807, 2.05) is 18.2 Å². The van der Waals surface area contributed by atoms with Crippen molar-refractivity contribution in [3.63, 3.8) is 0 Å². The number of methoxy groups -OCH3 is 2. The zero-order valence-corrected chi connectivity index (χ0v) is 15.1. The predicted molar refractivity (Wildman–Crippen MR) is 95.1 cm³/mol. The third kappa shape index (κ3) is 3.11. The zero-order valence-electron chi connectivity index (χ0n) is 13.5. The maximum Gasteiger partial charge on any atom is 0.244 e. The molecule has 5 nitrogen and oxygen atoms in total. The van der Waals surface area contributed by atoms with E-state index in [1.165, 1.54) is 0 Å². The first-order chi connectivity index (χ1) is 11.6. The standard InChI is InChI=1S/C17H19NO4S2/c1-21-15-9-8-13(12-16(15)22-2)17-18(10-11-23-17)24(19,20)14-6-4-3-5-7-14/h3-9,12,17H,10-11H2,1-2H3/t17-/m1/s1. The Hall–Kier alpha value is -1.70. The summed E-state index contributed by atoms with van der Waals surface area (Å²) in [5.41, 5.74) is 0.884. The summed E-state index contributed by atoms with van der Waals surface area (Å²) in [6.07, 6.45) is 0. The first-order valence-electron chi connectivity index (χ1n) is 7.48. The normalized spacial score (nSPS) is 18.5. The van der Waals surface area contributed by atoms with Crippen molar-refractivity contribution in [1.29, 1.82) is 0 Å². The highest BCUT2D eigenvalue weighted by molar-refractivity contribution is 8.01. The van der Waals surface area contributed by atoms with E-state index in [9.17, 15) is 8.42 Å². The van der Waals surface area contributed by atoms with E-state index in [4.69, 9.17) is 9.47 Å². The van der Waals surface area contributed by atoms with Gasteiger partial charge >= 0.3 is 0 Å². The molecule has 1 saturated heterocycles. The van der Waals surface area contributed by atoms with Crippen LogP contribution in [0.4, 0.5) is 0 Å². The fourth-order valence-electron chi connectivity index (χ4n) is 2.70. The lowest BCUT2D eigenvalue weighted by molar-refractivity contribution is 0.353. The summed E-state index contributed by atoms with van der Waals surface area (Å²) in [5.74, 6) is 1.98. The predicted octanol–water partition coefficient (Wildman–Crippen LogP) is 3.14. The Morgan fingerprint density at radius 2 is 1.75 bits per heavy atom. The second-order valence-electron chi connectivity index (χ2n) is 5.27. The Bertz CT molecular complexity index is 809. The van der Waals surface area contributed by atoms with Crippen molar-refractivity contribution in [2.24, 2.45) is 0 Å². The molecule has 0 aromatic heterocycles. The van der Waals surface area contributed by atoms with Crippen LogP contribution in [0.2, 0.25) is 0 Å². The van der Waals surface area contributed by atoms with Crippen molar-refractivity contribution in [2.75, 3.05) is 26.5 Å². The summed E-state index contributed by atoms with van der Waals surface area (Å²) < 4.78 is 38.0. The molecule has 24 heavy (non-hydrogen) atoms. The quantitative estimate of drug-likeness (QED) is 0.815. The summed E-state index contributed by atoms with van der Waals surface area (Å²) in [5, 5.41) is -0.269. The van der Waals surface area contributed by atoms with E-state index in [0.717, 1.165) is 11.3 Å². The van der Waals surface area contributed by atoms with Crippen LogP contribution in [-0.2, 0) is 10.0 Å². The van der Waals surface area contributed by atoms with Crippen molar-refractivity contribution in [3.05, 3.63) is 54.1 Å². The minimum Gasteiger partial charge on any atom is -0.493 e. The van der Waals surface area contributed by atoms with Crippen LogP contribution < -0.4 is 9.47 Å². The Kier molecular flexibility index (Phi) is 5.03. The smallest absolute Gasteiger partial charge is 0.244 e. The molecule has 128 valence electrons. The molecular formula is C17H19NO4S2. The number of hydrogen-bond acceptors (Lipinski definition) is 5. The van der Waals surface area contributed by atoms with Crippen LogP contribution in [0.1, 0.15) is 10.9 Å². The molecule has 0 N–H and O–H groups in total. The van der Waals surface area contributed by atoms with Gasteiger partial charge in [0.15, 0.2) is 11.5 Å². The first kappa shape index (κ1) is 17.1. The minimum atomic E-state index is -3.53. The molecule has 0 bridgehead atoms. The van der Waals surface area contributed by atoms with Gasteiger partial charge in [-0.2, -0.15) is 4.31 Å². The Morgan fingerprint density at radius 3 is 2.42 bits per heavy atom. The number of thioether (sulfide) groups is 1. The first-order valence-corrected chi connectivity index (χ1v) is 9.97. The number of sulfonamides is 1. The largest absolute Gasteiger partial charge is 0.493 e. The van der Waals surface area contributed by atoms with E-state index >= 15 is 0 Å². The van der Waals surface area contributed by atoms with Crippen molar-refractivity contribution >= 4 is 21.8 Å². The molecule has 1 aliphatic rings. The van der Waals surface area contributed by atoms with Gasteiger partial charge in [-0.15, -0.1) is 11.8 Å². The summed E-state index contributed by atoms with van der Waals surface area (Å²) in [6.45, 7) is 0.487. The maximum absolute atomic E-state index is 13.0. The third-order valence-electron chi connectivity index (χ3n) is 3.89. The molecule has 0 radical (unpaired) electrons. The number of benzene rings is 2. The molecular weight excluding hydrogens is 346 g/mol. The third-order valence-corrected chi connectivity index (χ3v) is 7.16. The monoisotopic (exact) mass is 365 g/mol. The Balaban J connectivity index is 1.97. The Labute approximate surface area is 146 Å². The SMILES string of the molecule is COc1ccc([C@H]2SCCN2S(=O)(=O)c2ccccc2)cc1OC. The molecule has 0 unspecified atom stereocenters. The van der Waals surface area contributed by atoms with Crippen LogP contribution in [-0.4, -0.2) is 39.2 Å². The molecule has 0 saturated carbocycles. The fourth-order valence-corrected chi connectivity index (χ4v) is 5.95. The molecule has 0 aliphatic carbocycles. The summed E-state index contributed by atoms with van der Waals surface area (Å²) in [4.78, 5) is 0.318. The maximum atomic E-state index is 13.0. The van der Waals surface area contributed by atoms with E-state index < -0.39 is 10.0 Å². The number of nitrogens with zero attached hydrogens (tertiary/aromatic N) is 1. The van der Waals surface area contributed by atoms with Gasteiger partial charge in [0.25, 0.3) is 0 Å². The highest BCUT2D eigenvalue weighted by Gasteiger charge is 2.37. The van der Waals surface area contributed by atoms with Crippen molar-refractivity contribution in [2.45, 2.75) is 10.3 Å². The number of ether oxygens (including phenoxy) is 2. The van der Waals surface area contributed by atoms with Gasteiger partial charge in [0, 0.05) is 12.3 Å². The minimum absolute atomic E-state index is 0.269. The second kappa shape index (κ2) is 7.04. The van der Waals surface area contributed by atoms with E-state index in [0.29, 0.717) is 22.9 Å². The summed E-state index contributed by atoms with van der Waals surface area (Å²) in [6, 6.07) is 14.1. The van der Waals surface area contributed by atoms with Gasteiger partial charge in [-0.05, 0) is 29.8 Å². The molecule has 3 rings (SSSR count). The van der Waals surface area contributed by atoms with Gasteiger partial charge in [0.05, 0.1) is 24.5 Å². The zero-order chi connectivity index (χ0) is 17.2. The molecule has 1 atom stereocenters. The lowest BCUT2D eigenvalue weighted by atomic mass is 10.2. The van der Waals surface area contributed by atoms with E-state index in [1.54, 1.807) is 60.6 Å². The molecule has 1 fully saturated rings. The number of hydrogen-bond donors (Lipinski definition) is 0.